The van der Waals surface area contributed by atoms with Crippen LogP contribution < -0.4 is 5.32 Å². The van der Waals surface area contributed by atoms with Crippen LogP contribution in [0.15, 0.2) is 54.6 Å². The maximum absolute atomic E-state index is 13.1. The topological polar surface area (TPSA) is 58.1 Å². The van der Waals surface area contributed by atoms with Gasteiger partial charge in [-0.15, -0.1) is 0 Å². The number of carbonyl (C=O) groups excluding carboxylic acids is 1. The molecule has 1 N–H and O–H groups in total. The fourth-order valence-electron chi connectivity index (χ4n) is 3.64. The molecule has 0 spiro atoms. The highest BCUT2D eigenvalue weighted by molar-refractivity contribution is 5.93. The first-order valence-corrected chi connectivity index (χ1v) is 9.70. The van der Waals surface area contributed by atoms with E-state index in [-0.39, 0.29) is 5.91 Å². The zero-order chi connectivity index (χ0) is 19.5. The molecule has 28 heavy (non-hydrogen) atoms. The van der Waals surface area contributed by atoms with Crippen LogP contribution in [0.1, 0.15) is 39.8 Å². The Bertz CT molecular complexity index is 1010. The number of nitrogens with one attached hydrogen (secondary N) is 1. The number of hydrogen-bond donors (Lipinski definition) is 1. The molecule has 1 aliphatic heterocycles. The molecule has 142 valence electrons. The molecule has 5 nitrogen and oxygen atoms in total. The highest BCUT2D eigenvalue weighted by Crippen LogP contribution is 2.22. The number of para-hydroxylation sites is 1. The molecule has 2 aromatic carbocycles. The molecule has 3 aromatic rings. The molecule has 1 aliphatic rings. The van der Waals surface area contributed by atoms with E-state index < -0.39 is 0 Å². The summed E-state index contributed by atoms with van der Waals surface area (Å²) in [5.41, 5.74) is 5.90. The third-order valence-corrected chi connectivity index (χ3v) is 5.14. The van der Waals surface area contributed by atoms with Crippen LogP contribution in [-0.4, -0.2) is 27.3 Å². The van der Waals surface area contributed by atoms with E-state index in [0.29, 0.717) is 24.7 Å². The van der Waals surface area contributed by atoms with Crippen LogP contribution in [-0.2, 0) is 19.4 Å². The van der Waals surface area contributed by atoms with E-state index in [4.69, 9.17) is 0 Å². The van der Waals surface area contributed by atoms with E-state index in [2.05, 4.69) is 46.5 Å². The van der Waals surface area contributed by atoms with E-state index in [9.17, 15) is 4.79 Å². The Morgan fingerprint density at radius 1 is 1.07 bits per heavy atom. The molecular formula is C23H24N4O. The number of aromatic nitrogens is 2. The Kier molecular flexibility index (Phi) is 5.06. The van der Waals surface area contributed by atoms with Crippen molar-refractivity contribution in [1.82, 2.24) is 14.9 Å². The first-order chi connectivity index (χ1) is 13.6. The average molecular weight is 372 g/mol. The van der Waals surface area contributed by atoms with Crippen molar-refractivity contribution in [3.63, 3.8) is 0 Å². The van der Waals surface area contributed by atoms with Gasteiger partial charge in [-0.25, -0.2) is 9.97 Å². The second kappa shape index (κ2) is 7.80. The summed E-state index contributed by atoms with van der Waals surface area (Å²) >= 11 is 0. The van der Waals surface area contributed by atoms with Crippen molar-refractivity contribution < 1.29 is 4.79 Å². The summed E-state index contributed by atoms with van der Waals surface area (Å²) in [6.45, 7) is 5.33. The van der Waals surface area contributed by atoms with Gasteiger partial charge in [-0.3, -0.25) is 4.79 Å². The zero-order valence-electron chi connectivity index (χ0n) is 16.3. The summed E-state index contributed by atoms with van der Waals surface area (Å²) in [7, 11) is 0. The second-order valence-electron chi connectivity index (χ2n) is 7.10. The third-order valence-electron chi connectivity index (χ3n) is 5.14. The van der Waals surface area contributed by atoms with Crippen molar-refractivity contribution in [2.24, 2.45) is 0 Å². The van der Waals surface area contributed by atoms with Crippen molar-refractivity contribution >= 4 is 17.5 Å². The van der Waals surface area contributed by atoms with Gasteiger partial charge in [-0.2, -0.15) is 0 Å². The molecule has 1 amide bonds. The number of nitrogens with zero attached hydrogens (tertiary/aromatic N) is 3. The summed E-state index contributed by atoms with van der Waals surface area (Å²) in [5.74, 6) is 0.411. The molecule has 5 heteroatoms. The normalized spacial score (nSPS) is 13.1. The summed E-state index contributed by atoms with van der Waals surface area (Å²) in [5, 5.41) is 3.29. The van der Waals surface area contributed by atoms with Crippen LogP contribution >= 0.6 is 0 Å². The number of hydrogen-bond acceptors (Lipinski definition) is 4. The molecule has 0 bridgehead atoms. The Hall–Kier alpha value is -3.21. The number of rotatable bonds is 4. The first-order valence-electron chi connectivity index (χ1n) is 9.70. The van der Waals surface area contributed by atoms with Gasteiger partial charge in [-0.05, 0) is 48.6 Å². The van der Waals surface area contributed by atoms with Gasteiger partial charge in [0.05, 0.1) is 0 Å². The van der Waals surface area contributed by atoms with Crippen LogP contribution in [0.25, 0.3) is 0 Å². The van der Waals surface area contributed by atoms with Crippen LogP contribution in [0.5, 0.6) is 0 Å². The smallest absolute Gasteiger partial charge is 0.272 e. The molecule has 1 aromatic heterocycles. The summed E-state index contributed by atoms with van der Waals surface area (Å²) in [6, 6.07) is 18.2. The van der Waals surface area contributed by atoms with Gasteiger partial charge in [0.2, 0.25) is 5.95 Å². The van der Waals surface area contributed by atoms with E-state index >= 15 is 0 Å². The molecule has 0 saturated heterocycles. The first kappa shape index (κ1) is 18.2. The zero-order valence-corrected chi connectivity index (χ0v) is 16.3. The van der Waals surface area contributed by atoms with E-state index in [1.165, 1.54) is 16.7 Å². The van der Waals surface area contributed by atoms with Crippen molar-refractivity contribution in [3.8, 4) is 0 Å². The monoisotopic (exact) mass is 372 g/mol. The highest BCUT2D eigenvalue weighted by Gasteiger charge is 2.23. The molecule has 0 aliphatic carbocycles. The van der Waals surface area contributed by atoms with Gasteiger partial charge in [0.15, 0.2) is 0 Å². The lowest BCUT2D eigenvalue weighted by atomic mass is 10.00. The van der Waals surface area contributed by atoms with Gasteiger partial charge in [0.1, 0.15) is 5.69 Å². The maximum Gasteiger partial charge on any atom is 0.272 e. The number of carbonyl (C=O) groups is 1. The van der Waals surface area contributed by atoms with Crippen LogP contribution in [0.3, 0.4) is 0 Å². The van der Waals surface area contributed by atoms with Crippen LogP contribution in [0, 0.1) is 6.92 Å². The quantitative estimate of drug-likeness (QED) is 0.742. The van der Waals surface area contributed by atoms with Gasteiger partial charge in [0.25, 0.3) is 5.91 Å². The van der Waals surface area contributed by atoms with Gasteiger partial charge in [-0.1, -0.05) is 49.4 Å². The molecule has 0 atom stereocenters. The molecule has 0 fully saturated rings. The third kappa shape index (κ3) is 3.74. The maximum atomic E-state index is 13.1. The molecular weight excluding hydrogens is 348 g/mol. The number of aryl methyl sites for hydroxylation is 2. The minimum Gasteiger partial charge on any atom is -0.333 e. The fourth-order valence-corrected chi connectivity index (χ4v) is 3.64. The number of anilines is 2. The summed E-state index contributed by atoms with van der Waals surface area (Å²) in [6.07, 6.45) is 1.79. The standard InChI is InChI=1S/C23H24N4O/c1-3-17-8-6-7-11-20(17)25-23-24-16(2)14-21(26-23)22(28)27-13-12-18-9-4-5-10-19(18)15-27/h4-11,14H,3,12-13,15H2,1-2H3,(H,24,25,26). The average Bonchev–Trinajstić information content (AvgIpc) is 2.73. The van der Waals surface area contributed by atoms with Crippen molar-refractivity contribution in [2.45, 2.75) is 33.2 Å². The van der Waals surface area contributed by atoms with E-state index in [0.717, 1.165) is 24.2 Å². The molecule has 4 rings (SSSR count). The van der Waals surface area contributed by atoms with Gasteiger partial charge in [0, 0.05) is 24.5 Å². The number of amides is 1. The minimum absolute atomic E-state index is 0.0492. The molecule has 0 unspecified atom stereocenters. The predicted molar refractivity (Wildman–Crippen MR) is 111 cm³/mol. The van der Waals surface area contributed by atoms with Crippen molar-refractivity contribution in [2.75, 3.05) is 11.9 Å². The van der Waals surface area contributed by atoms with Crippen molar-refractivity contribution in [3.05, 3.63) is 82.7 Å². The van der Waals surface area contributed by atoms with Crippen LogP contribution in [0.4, 0.5) is 11.6 Å². The highest BCUT2D eigenvalue weighted by atomic mass is 16.2. The Labute approximate surface area is 165 Å². The largest absolute Gasteiger partial charge is 0.333 e. The molecule has 2 heterocycles. The summed E-state index contributed by atoms with van der Waals surface area (Å²) in [4.78, 5) is 24.0. The lowest BCUT2D eigenvalue weighted by Gasteiger charge is -2.28. The SMILES string of the molecule is CCc1ccccc1Nc1nc(C)cc(C(=O)N2CCc3ccccc3C2)n1. The van der Waals surface area contributed by atoms with E-state index in [1.807, 2.05) is 36.1 Å². The molecule has 0 saturated carbocycles. The van der Waals surface area contributed by atoms with Crippen LogP contribution in [0.2, 0.25) is 0 Å². The molecule has 0 radical (unpaired) electrons. The minimum atomic E-state index is -0.0492. The van der Waals surface area contributed by atoms with Gasteiger partial charge < -0.3 is 10.2 Å². The summed E-state index contributed by atoms with van der Waals surface area (Å²) < 4.78 is 0. The fraction of sp³-hybridized carbons (Fsp3) is 0.261. The lowest BCUT2D eigenvalue weighted by molar-refractivity contribution is 0.0728. The van der Waals surface area contributed by atoms with Gasteiger partial charge >= 0.3 is 0 Å². The Morgan fingerprint density at radius 2 is 1.82 bits per heavy atom. The predicted octanol–water partition coefficient (Wildman–Crippen LogP) is 4.29. The van der Waals surface area contributed by atoms with E-state index in [1.54, 1.807) is 6.07 Å². The number of benzene rings is 2. The Balaban J connectivity index is 1.58. The van der Waals surface area contributed by atoms with Crippen molar-refractivity contribution in [1.29, 1.82) is 0 Å². The number of fused-ring (bicyclic) bond motifs is 1. The lowest BCUT2D eigenvalue weighted by Crippen LogP contribution is -2.36. The second-order valence-corrected chi connectivity index (χ2v) is 7.10. The Morgan fingerprint density at radius 3 is 2.64 bits per heavy atom.